The first-order valence-corrected chi connectivity index (χ1v) is 8.15. The Bertz CT molecular complexity index is 652. The number of alkyl halides is 2. The first-order chi connectivity index (χ1) is 10.3. The van der Waals surface area contributed by atoms with Gasteiger partial charge in [-0.2, -0.15) is 14.0 Å². The molecule has 0 spiro atoms. The lowest BCUT2D eigenvalue weighted by molar-refractivity contribution is -0.120. The third kappa shape index (κ3) is 4.77. The molecule has 1 rings (SSSR count). The average molecular weight is 330 g/mol. The number of nitrogens with zero attached hydrogens (tertiary/aromatic N) is 1. The van der Waals surface area contributed by atoms with E-state index in [0.717, 1.165) is 18.6 Å². The Morgan fingerprint density at radius 3 is 2.36 bits per heavy atom. The van der Waals surface area contributed by atoms with Gasteiger partial charge in [0.05, 0.1) is 17.4 Å². The van der Waals surface area contributed by atoms with Crippen LogP contribution in [0.4, 0.5) is 8.78 Å². The zero-order valence-corrected chi connectivity index (χ0v) is 12.7. The molecule has 1 amide bonds. The maximum atomic E-state index is 12.4. The fourth-order valence-electron chi connectivity index (χ4n) is 1.79. The van der Waals surface area contributed by atoms with Gasteiger partial charge in [-0.1, -0.05) is 25.5 Å². The zero-order valence-electron chi connectivity index (χ0n) is 11.9. The molecule has 120 valence electrons. The molecule has 8 heteroatoms. The topological polar surface area (TPSA) is 87.0 Å². The molecule has 0 aliphatic heterocycles. The van der Waals surface area contributed by atoms with Crippen LogP contribution in [0.15, 0.2) is 29.2 Å². The highest BCUT2D eigenvalue weighted by Gasteiger charge is 2.26. The highest BCUT2D eigenvalue weighted by atomic mass is 32.2. The van der Waals surface area contributed by atoms with Crippen molar-refractivity contribution in [2.75, 3.05) is 0 Å². The molecule has 1 N–H and O–H groups in total. The van der Waals surface area contributed by atoms with Crippen molar-refractivity contribution in [3.8, 4) is 6.07 Å². The van der Waals surface area contributed by atoms with E-state index in [0.29, 0.717) is 12.0 Å². The molecule has 0 aliphatic rings. The van der Waals surface area contributed by atoms with E-state index in [1.54, 1.807) is 0 Å². The Morgan fingerprint density at radius 2 is 1.91 bits per heavy atom. The molecule has 22 heavy (non-hydrogen) atoms. The number of benzene rings is 1. The minimum Gasteiger partial charge on any atom is -0.340 e. The van der Waals surface area contributed by atoms with Gasteiger partial charge in [-0.25, -0.2) is 8.42 Å². The van der Waals surface area contributed by atoms with Gasteiger partial charge in [0.15, 0.2) is 0 Å². The second-order valence-electron chi connectivity index (χ2n) is 4.66. The van der Waals surface area contributed by atoms with E-state index in [2.05, 4.69) is 5.32 Å². The van der Waals surface area contributed by atoms with E-state index in [1.165, 1.54) is 12.1 Å². The maximum absolute atomic E-state index is 12.4. The molecule has 0 saturated carbocycles. The minimum atomic E-state index is -4.63. The van der Waals surface area contributed by atoms with Gasteiger partial charge in [-0.05, 0) is 24.1 Å². The number of carbonyl (C=O) groups excluding carboxylic acids is 1. The Hall–Kier alpha value is -2.01. The molecule has 1 atom stereocenters. The number of sulfone groups is 1. The molecule has 0 fully saturated rings. The fourth-order valence-corrected chi connectivity index (χ4v) is 2.51. The summed E-state index contributed by atoms with van der Waals surface area (Å²) in [4.78, 5) is 11.3. The monoisotopic (exact) mass is 330 g/mol. The van der Waals surface area contributed by atoms with Crippen molar-refractivity contribution in [3.05, 3.63) is 29.8 Å². The summed E-state index contributed by atoms with van der Waals surface area (Å²) in [5.74, 6) is -3.86. The summed E-state index contributed by atoms with van der Waals surface area (Å²) >= 11 is 0. The van der Waals surface area contributed by atoms with Gasteiger partial charge in [0.25, 0.3) is 0 Å². The predicted molar refractivity (Wildman–Crippen MR) is 75.8 cm³/mol. The highest BCUT2D eigenvalue weighted by Crippen LogP contribution is 2.18. The van der Waals surface area contributed by atoms with E-state index < -0.39 is 26.5 Å². The van der Waals surface area contributed by atoms with Gasteiger partial charge in [0.2, 0.25) is 15.7 Å². The van der Waals surface area contributed by atoms with Crippen molar-refractivity contribution in [3.63, 3.8) is 0 Å². The Labute approximate surface area is 127 Å². The number of nitriles is 1. The van der Waals surface area contributed by atoms with Gasteiger partial charge in [-0.15, -0.1) is 0 Å². The normalized spacial score (nSPS) is 12.7. The van der Waals surface area contributed by atoms with Crippen molar-refractivity contribution < 1.29 is 22.0 Å². The van der Waals surface area contributed by atoms with Crippen LogP contribution in [0, 0.1) is 11.3 Å². The van der Waals surface area contributed by atoms with Crippen LogP contribution in [0.5, 0.6) is 0 Å². The fraction of sp³-hybridized carbons (Fsp3) is 0.429. The molecule has 1 unspecified atom stereocenters. The lowest BCUT2D eigenvalue weighted by Gasteiger charge is -2.10. The number of nitrogens with one attached hydrogen (secondary N) is 1. The van der Waals surface area contributed by atoms with Gasteiger partial charge in [-0.3, -0.25) is 4.79 Å². The van der Waals surface area contributed by atoms with E-state index >= 15 is 0 Å². The SMILES string of the molecule is CCCC(C#N)NC(=O)Cc1ccc(S(=O)(=O)C(F)F)cc1. The Balaban J connectivity index is 2.73. The molecular weight excluding hydrogens is 314 g/mol. The predicted octanol–water partition coefficient (Wildman–Crippen LogP) is 2.03. The molecular formula is C14H16F2N2O3S. The number of hydrogen-bond acceptors (Lipinski definition) is 4. The average Bonchev–Trinajstić information content (AvgIpc) is 2.47. The van der Waals surface area contributed by atoms with Gasteiger partial charge in [0, 0.05) is 0 Å². The van der Waals surface area contributed by atoms with Crippen LogP contribution in [-0.4, -0.2) is 26.1 Å². The van der Waals surface area contributed by atoms with Crippen molar-refractivity contribution >= 4 is 15.7 Å². The van der Waals surface area contributed by atoms with Crippen LogP contribution >= 0.6 is 0 Å². The molecule has 0 aromatic heterocycles. The maximum Gasteiger partial charge on any atom is 0.341 e. The Morgan fingerprint density at radius 1 is 1.32 bits per heavy atom. The third-order valence-corrected chi connectivity index (χ3v) is 4.32. The summed E-state index contributed by atoms with van der Waals surface area (Å²) in [5.41, 5.74) is 0.471. The molecule has 0 aliphatic carbocycles. The molecule has 5 nitrogen and oxygen atoms in total. The lowest BCUT2D eigenvalue weighted by Crippen LogP contribution is -2.34. The van der Waals surface area contributed by atoms with Crippen molar-refractivity contribution in [1.82, 2.24) is 5.32 Å². The van der Waals surface area contributed by atoms with Gasteiger partial charge < -0.3 is 5.32 Å². The van der Waals surface area contributed by atoms with E-state index in [-0.39, 0.29) is 12.3 Å². The number of amides is 1. The second-order valence-corrected chi connectivity index (χ2v) is 6.58. The van der Waals surface area contributed by atoms with Crippen molar-refractivity contribution in [2.45, 2.75) is 42.9 Å². The lowest BCUT2D eigenvalue weighted by atomic mass is 10.1. The number of carbonyl (C=O) groups is 1. The summed E-state index contributed by atoms with van der Waals surface area (Å²) in [5, 5.41) is 11.4. The van der Waals surface area contributed by atoms with Crippen molar-refractivity contribution in [2.24, 2.45) is 0 Å². The summed E-state index contributed by atoms with van der Waals surface area (Å²) in [6, 6.07) is 6.08. The minimum absolute atomic E-state index is 0.0586. The first kappa shape index (κ1) is 18.0. The molecule has 0 heterocycles. The van der Waals surface area contributed by atoms with Gasteiger partial charge in [0.1, 0.15) is 6.04 Å². The quantitative estimate of drug-likeness (QED) is 0.829. The van der Waals surface area contributed by atoms with Crippen LogP contribution in [0.1, 0.15) is 25.3 Å². The van der Waals surface area contributed by atoms with Crippen LogP contribution in [0.25, 0.3) is 0 Å². The highest BCUT2D eigenvalue weighted by molar-refractivity contribution is 7.91. The standard InChI is InChI=1S/C14H16F2N2O3S/c1-2-3-11(9-17)18-13(19)8-10-4-6-12(7-5-10)22(20,21)14(15)16/h4-7,11,14H,2-3,8H2,1H3,(H,18,19). The van der Waals surface area contributed by atoms with Gasteiger partial charge >= 0.3 is 5.76 Å². The summed E-state index contributed by atoms with van der Waals surface area (Å²) in [7, 11) is -4.63. The molecule has 0 saturated heterocycles. The van der Waals surface area contributed by atoms with Crippen LogP contribution < -0.4 is 5.32 Å². The third-order valence-electron chi connectivity index (χ3n) is 2.92. The molecule has 0 bridgehead atoms. The molecule has 1 aromatic rings. The van der Waals surface area contributed by atoms with Crippen LogP contribution in [-0.2, 0) is 21.1 Å². The molecule has 1 aromatic carbocycles. The summed E-state index contributed by atoms with van der Waals surface area (Å²) in [6.45, 7) is 1.89. The Kier molecular flexibility index (Phi) is 6.43. The van der Waals surface area contributed by atoms with E-state index in [4.69, 9.17) is 5.26 Å². The van der Waals surface area contributed by atoms with Crippen molar-refractivity contribution in [1.29, 1.82) is 5.26 Å². The van der Waals surface area contributed by atoms with Crippen LogP contribution in [0.3, 0.4) is 0 Å². The number of rotatable bonds is 7. The van der Waals surface area contributed by atoms with Crippen LogP contribution in [0.2, 0.25) is 0 Å². The van der Waals surface area contributed by atoms with E-state index in [9.17, 15) is 22.0 Å². The second kappa shape index (κ2) is 7.84. The molecule has 0 radical (unpaired) electrons. The number of halogens is 2. The number of hydrogen-bond donors (Lipinski definition) is 1. The summed E-state index contributed by atoms with van der Waals surface area (Å²) in [6.07, 6.45) is 1.23. The summed E-state index contributed by atoms with van der Waals surface area (Å²) < 4.78 is 47.3. The largest absolute Gasteiger partial charge is 0.341 e. The first-order valence-electron chi connectivity index (χ1n) is 6.61. The smallest absolute Gasteiger partial charge is 0.340 e. The zero-order chi connectivity index (χ0) is 16.8. The van der Waals surface area contributed by atoms with E-state index in [1.807, 2.05) is 13.0 Å².